The smallest absolute Gasteiger partial charge is 0.162 e. The number of ether oxygens (including phenoxy) is 1. The van der Waals surface area contributed by atoms with E-state index in [1.165, 1.54) is 6.92 Å². The summed E-state index contributed by atoms with van der Waals surface area (Å²) >= 11 is 5.95. The molecule has 0 bridgehead atoms. The fourth-order valence-electron chi connectivity index (χ4n) is 1.72. The summed E-state index contributed by atoms with van der Waals surface area (Å²) in [5.74, 6) is 1.15. The molecule has 0 fully saturated rings. The number of halogens is 1. The van der Waals surface area contributed by atoms with Crippen LogP contribution >= 0.6 is 11.6 Å². The number of benzene rings is 2. The minimum atomic E-state index is -0.0877. The lowest BCUT2D eigenvalue weighted by atomic mass is 10.1. The van der Waals surface area contributed by atoms with Gasteiger partial charge in [-0.2, -0.15) is 0 Å². The Morgan fingerprint density at radius 2 is 1.79 bits per heavy atom. The van der Waals surface area contributed by atoms with Gasteiger partial charge in [0.05, 0.1) is 0 Å². The molecule has 2 aromatic rings. The zero-order valence-corrected chi connectivity index (χ0v) is 11.5. The summed E-state index contributed by atoms with van der Waals surface area (Å²) in [4.78, 5) is 11.4. The van der Waals surface area contributed by atoms with E-state index < -0.39 is 0 Å². The molecule has 98 valence electrons. The van der Waals surface area contributed by atoms with Gasteiger partial charge in [0, 0.05) is 16.3 Å². The SMILES string of the molecule is CC(=O)c1cc(Oc2ccc(Cl)c(C)c2)ccc1N. The Morgan fingerprint density at radius 3 is 2.42 bits per heavy atom. The Bertz CT molecular complexity index is 638. The standard InChI is InChI=1S/C15H14ClNO2/c1-9-7-11(3-5-14(9)16)19-12-4-6-15(17)13(8-12)10(2)18/h3-8H,17H2,1-2H3. The highest BCUT2D eigenvalue weighted by Gasteiger charge is 2.07. The highest BCUT2D eigenvalue weighted by atomic mass is 35.5. The highest BCUT2D eigenvalue weighted by Crippen LogP contribution is 2.28. The number of anilines is 1. The van der Waals surface area contributed by atoms with Gasteiger partial charge in [0.2, 0.25) is 0 Å². The summed E-state index contributed by atoms with van der Waals surface area (Å²) in [5.41, 5.74) is 7.58. The van der Waals surface area contributed by atoms with E-state index in [1.54, 1.807) is 30.3 Å². The van der Waals surface area contributed by atoms with Crippen molar-refractivity contribution < 1.29 is 9.53 Å². The Hall–Kier alpha value is -2.00. The zero-order chi connectivity index (χ0) is 14.0. The van der Waals surface area contributed by atoms with Crippen LogP contribution in [0.4, 0.5) is 5.69 Å². The summed E-state index contributed by atoms with van der Waals surface area (Å²) in [6.45, 7) is 3.38. The summed E-state index contributed by atoms with van der Waals surface area (Å²) in [6.07, 6.45) is 0. The van der Waals surface area contributed by atoms with Crippen molar-refractivity contribution in [3.05, 3.63) is 52.5 Å². The van der Waals surface area contributed by atoms with Gasteiger partial charge in [-0.15, -0.1) is 0 Å². The lowest BCUT2D eigenvalue weighted by molar-refractivity contribution is 0.101. The molecule has 0 aliphatic carbocycles. The first-order valence-electron chi connectivity index (χ1n) is 5.82. The number of carbonyl (C=O) groups is 1. The largest absolute Gasteiger partial charge is 0.457 e. The van der Waals surface area contributed by atoms with Crippen LogP contribution in [-0.2, 0) is 0 Å². The van der Waals surface area contributed by atoms with Crippen LogP contribution in [0.25, 0.3) is 0 Å². The zero-order valence-electron chi connectivity index (χ0n) is 10.7. The first kappa shape index (κ1) is 13.4. The van der Waals surface area contributed by atoms with Crippen molar-refractivity contribution in [2.45, 2.75) is 13.8 Å². The summed E-state index contributed by atoms with van der Waals surface area (Å²) in [7, 11) is 0. The molecule has 0 heterocycles. The number of rotatable bonds is 3. The molecule has 4 heteroatoms. The maximum atomic E-state index is 11.4. The van der Waals surface area contributed by atoms with Gasteiger partial charge in [0.15, 0.2) is 5.78 Å². The van der Waals surface area contributed by atoms with Crippen molar-refractivity contribution in [2.75, 3.05) is 5.73 Å². The predicted molar refractivity (Wildman–Crippen MR) is 77.1 cm³/mol. The monoisotopic (exact) mass is 275 g/mol. The van der Waals surface area contributed by atoms with Gasteiger partial charge in [0.25, 0.3) is 0 Å². The highest BCUT2D eigenvalue weighted by molar-refractivity contribution is 6.31. The third-order valence-corrected chi connectivity index (χ3v) is 3.19. The van der Waals surface area contributed by atoms with Crippen LogP contribution in [0.2, 0.25) is 5.02 Å². The molecule has 0 radical (unpaired) electrons. The molecule has 0 saturated heterocycles. The maximum absolute atomic E-state index is 11.4. The lowest BCUT2D eigenvalue weighted by Gasteiger charge is -2.09. The minimum absolute atomic E-state index is 0.0877. The Balaban J connectivity index is 2.30. The Labute approximate surface area is 117 Å². The molecule has 0 aliphatic heterocycles. The number of hydrogen-bond acceptors (Lipinski definition) is 3. The van der Waals surface area contributed by atoms with Crippen LogP contribution in [0.5, 0.6) is 11.5 Å². The molecule has 0 unspecified atom stereocenters. The van der Waals surface area contributed by atoms with Crippen LogP contribution in [0.1, 0.15) is 22.8 Å². The topological polar surface area (TPSA) is 52.3 Å². The molecule has 19 heavy (non-hydrogen) atoms. The van der Waals surface area contributed by atoms with E-state index in [9.17, 15) is 4.79 Å². The minimum Gasteiger partial charge on any atom is -0.457 e. The molecule has 0 aliphatic rings. The molecule has 3 nitrogen and oxygen atoms in total. The van der Waals surface area contributed by atoms with Crippen molar-refractivity contribution in [2.24, 2.45) is 0 Å². The van der Waals surface area contributed by atoms with Crippen molar-refractivity contribution >= 4 is 23.1 Å². The van der Waals surface area contributed by atoms with Gasteiger partial charge >= 0.3 is 0 Å². The van der Waals surface area contributed by atoms with Crippen molar-refractivity contribution in [3.63, 3.8) is 0 Å². The quantitative estimate of drug-likeness (QED) is 0.674. The van der Waals surface area contributed by atoms with Gasteiger partial charge < -0.3 is 10.5 Å². The molecule has 0 amide bonds. The van der Waals surface area contributed by atoms with E-state index >= 15 is 0 Å². The Kier molecular flexibility index (Phi) is 3.76. The molecule has 0 saturated carbocycles. The summed E-state index contributed by atoms with van der Waals surface area (Å²) < 4.78 is 5.69. The van der Waals surface area contributed by atoms with E-state index in [1.807, 2.05) is 13.0 Å². The Morgan fingerprint density at radius 1 is 1.16 bits per heavy atom. The number of nitrogen functional groups attached to an aromatic ring is 1. The van der Waals surface area contributed by atoms with Gasteiger partial charge in [-0.1, -0.05) is 11.6 Å². The number of carbonyl (C=O) groups excluding carboxylic acids is 1. The first-order chi connectivity index (χ1) is 8.97. The van der Waals surface area contributed by atoms with Gasteiger partial charge in [0.1, 0.15) is 11.5 Å². The average molecular weight is 276 g/mol. The molecule has 2 rings (SSSR count). The third kappa shape index (κ3) is 3.06. The van der Waals surface area contributed by atoms with E-state index in [-0.39, 0.29) is 5.78 Å². The molecular weight excluding hydrogens is 262 g/mol. The van der Waals surface area contributed by atoms with Gasteiger partial charge in [-0.3, -0.25) is 4.79 Å². The maximum Gasteiger partial charge on any atom is 0.162 e. The van der Waals surface area contributed by atoms with Gasteiger partial charge in [-0.05, 0) is 55.8 Å². The molecule has 2 N–H and O–H groups in total. The lowest BCUT2D eigenvalue weighted by Crippen LogP contribution is -1.99. The fourth-order valence-corrected chi connectivity index (χ4v) is 1.84. The molecular formula is C15H14ClNO2. The van der Waals surface area contributed by atoms with Gasteiger partial charge in [-0.25, -0.2) is 0 Å². The number of ketones is 1. The van der Waals surface area contributed by atoms with E-state index in [4.69, 9.17) is 22.1 Å². The van der Waals surface area contributed by atoms with Crippen molar-refractivity contribution in [1.29, 1.82) is 0 Å². The average Bonchev–Trinajstić information content (AvgIpc) is 2.36. The van der Waals surface area contributed by atoms with E-state index in [0.717, 1.165) is 5.56 Å². The number of hydrogen-bond donors (Lipinski definition) is 1. The second-order valence-electron chi connectivity index (χ2n) is 4.32. The summed E-state index contributed by atoms with van der Waals surface area (Å²) in [6, 6.07) is 10.4. The fraction of sp³-hybridized carbons (Fsp3) is 0.133. The molecule has 2 aromatic carbocycles. The predicted octanol–water partition coefficient (Wildman–Crippen LogP) is 4.23. The molecule has 0 spiro atoms. The number of aryl methyl sites for hydroxylation is 1. The molecule has 0 atom stereocenters. The normalized spacial score (nSPS) is 10.3. The van der Waals surface area contributed by atoms with Crippen LogP contribution in [-0.4, -0.2) is 5.78 Å². The van der Waals surface area contributed by atoms with E-state index in [0.29, 0.717) is 27.8 Å². The first-order valence-corrected chi connectivity index (χ1v) is 6.19. The van der Waals surface area contributed by atoms with E-state index in [2.05, 4.69) is 0 Å². The second kappa shape index (κ2) is 5.33. The van der Waals surface area contributed by atoms with Crippen molar-refractivity contribution in [1.82, 2.24) is 0 Å². The number of nitrogens with two attached hydrogens (primary N) is 1. The second-order valence-corrected chi connectivity index (χ2v) is 4.73. The molecule has 0 aromatic heterocycles. The van der Waals surface area contributed by atoms with Crippen molar-refractivity contribution in [3.8, 4) is 11.5 Å². The van der Waals surface area contributed by atoms with Crippen LogP contribution < -0.4 is 10.5 Å². The number of Topliss-reactive ketones (excluding diaryl/α,β-unsaturated/α-hetero) is 1. The van der Waals surface area contributed by atoms with Crippen LogP contribution in [0.3, 0.4) is 0 Å². The van der Waals surface area contributed by atoms with Crippen LogP contribution in [0.15, 0.2) is 36.4 Å². The van der Waals surface area contributed by atoms with Crippen LogP contribution in [0, 0.1) is 6.92 Å². The summed E-state index contributed by atoms with van der Waals surface area (Å²) in [5, 5.41) is 0.689. The third-order valence-electron chi connectivity index (χ3n) is 2.77.